The molecule has 0 aliphatic rings. The van der Waals surface area contributed by atoms with Crippen LogP contribution in [0, 0.1) is 5.92 Å². The molecule has 0 spiro atoms. The van der Waals surface area contributed by atoms with Crippen molar-refractivity contribution in [1.29, 1.82) is 0 Å². The molecule has 1 amide bonds. The number of amides is 1. The number of nitrogens with zero attached hydrogens (tertiary/aromatic N) is 2. The van der Waals surface area contributed by atoms with Crippen molar-refractivity contribution in [3.05, 3.63) is 36.3 Å². The Kier molecular flexibility index (Phi) is 5.05. The lowest BCUT2D eigenvalue weighted by Gasteiger charge is -2.12. The van der Waals surface area contributed by atoms with Crippen LogP contribution >= 0.6 is 0 Å². The van der Waals surface area contributed by atoms with Gasteiger partial charge in [0.2, 0.25) is 0 Å². The van der Waals surface area contributed by atoms with Crippen molar-refractivity contribution in [1.82, 2.24) is 15.5 Å². The summed E-state index contributed by atoms with van der Waals surface area (Å²) in [5.41, 5.74) is 0.995. The molecule has 6 nitrogen and oxygen atoms in total. The lowest BCUT2D eigenvalue weighted by atomic mass is 10.1. The van der Waals surface area contributed by atoms with Gasteiger partial charge in [0.25, 0.3) is 5.91 Å². The van der Waals surface area contributed by atoms with E-state index in [1.54, 1.807) is 30.6 Å². The Balaban J connectivity index is 1.93. The van der Waals surface area contributed by atoms with Crippen molar-refractivity contribution in [2.75, 3.05) is 6.54 Å². The van der Waals surface area contributed by atoms with Crippen LogP contribution in [-0.2, 0) is 0 Å². The van der Waals surface area contributed by atoms with Gasteiger partial charge in [-0.2, -0.15) is 0 Å². The minimum absolute atomic E-state index is 0.193. The molecule has 0 aliphatic heterocycles. The summed E-state index contributed by atoms with van der Waals surface area (Å²) < 4.78 is 5.14. The third-order valence-corrected chi connectivity index (χ3v) is 2.95. The second-order valence-electron chi connectivity index (χ2n) is 5.31. The molecule has 0 aromatic carbocycles. The summed E-state index contributed by atoms with van der Waals surface area (Å²) in [7, 11) is 0. The molecule has 0 saturated carbocycles. The van der Waals surface area contributed by atoms with Gasteiger partial charge < -0.3 is 14.9 Å². The number of nitrogens with one attached hydrogen (secondary N) is 1. The summed E-state index contributed by atoms with van der Waals surface area (Å²) in [6.45, 7) is 4.24. The van der Waals surface area contributed by atoms with Crippen LogP contribution in [0.1, 0.15) is 30.8 Å². The number of aromatic nitrogens is 2. The van der Waals surface area contributed by atoms with Gasteiger partial charge in [0.05, 0.1) is 6.10 Å². The zero-order chi connectivity index (χ0) is 15.2. The number of pyridine rings is 1. The minimum Gasteiger partial charge on any atom is -0.391 e. The Morgan fingerprint density at radius 1 is 1.38 bits per heavy atom. The first-order valence-corrected chi connectivity index (χ1v) is 6.89. The molecule has 0 radical (unpaired) electrons. The van der Waals surface area contributed by atoms with Crippen LogP contribution in [0.25, 0.3) is 11.3 Å². The molecule has 2 rings (SSSR count). The number of hydrogen-bond donors (Lipinski definition) is 2. The molecular formula is C15H19N3O3. The predicted octanol–water partition coefficient (Wildman–Crippen LogP) is 1.87. The van der Waals surface area contributed by atoms with E-state index in [9.17, 15) is 9.90 Å². The van der Waals surface area contributed by atoms with E-state index in [4.69, 9.17) is 4.52 Å². The van der Waals surface area contributed by atoms with Gasteiger partial charge in [0, 0.05) is 30.6 Å². The highest BCUT2D eigenvalue weighted by Gasteiger charge is 2.15. The van der Waals surface area contributed by atoms with Crippen LogP contribution in [0.15, 0.2) is 35.1 Å². The van der Waals surface area contributed by atoms with E-state index in [2.05, 4.69) is 15.5 Å². The van der Waals surface area contributed by atoms with Crippen molar-refractivity contribution in [2.24, 2.45) is 5.92 Å². The topological polar surface area (TPSA) is 88.2 Å². The van der Waals surface area contributed by atoms with Crippen LogP contribution in [-0.4, -0.2) is 33.8 Å². The molecule has 0 bridgehead atoms. The maximum absolute atomic E-state index is 11.9. The van der Waals surface area contributed by atoms with E-state index < -0.39 is 6.10 Å². The van der Waals surface area contributed by atoms with Gasteiger partial charge in [-0.3, -0.25) is 9.78 Å². The van der Waals surface area contributed by atoms with Gasteiger partial charge in [0.15, 0.2) is 11.5 Å². The second-order valence-corrected chi connectivity index (χ2v) is 5.31. The van der Waals surface area contributed by atoms with Crippen LogP contribution < -0.4 is 5.32 Å². The summed E-state index contributed by atoms with van der Waals surface area (Å²) in [6.07, 6.45) is 3.36. The third kappa shape index (κ3) is 4.39. The van der Waals surface area contributed by atoms with Gasteiger partial charge in [-0.05, 0) is 24.5 Å². The zero-order valence-corrected chi connectivity index (χ0v) is 12.1. The summed E-state index contributed by atoms with van der Waals surface area (Å²) >= 11 is 0. The number of rotatable bonds is 6. The van der Waals surface area contributed by atoms with Crippen LogP contribution in [0.2, 0.25) is 0 Å². The predicted molar refractivity (Wildman–Crippen MR) is 77.5 cm³/mol. The van der Waals surface area contributed by atoms with Gasteiger partial charge in [-0.25, -0.2) is 0 Å². The molecule has 0 saturated heterocycles. The molecule has 2 aromatic rings. The Labute approximate surface area is 123 Å². The highest BCUT2D eigenvalue weighted by molar-refractivity contribution is 5.93. The van der Waals surface area contributed by atoms with Gasteiger partial charge >= 0.3 is 0 Å². The molecule has 0 aliphatic carbocycles. The van der Waals surface area contributed by atoms with E-state index in [1.165, 1.54) is 0 Å². The van der Waals surface area contributed by atoms with E-state index in [0.717, 1.165) is 5.56 Å². The SMILES string of the molecule is CC(C)CC(O)CNC(=O)c1cc(-c2ccncc2)on1. The Morgan fingerprint density at radius 3 is 2.76 bits per heavy atom. The average Bonchev–Trinajstić information content (AvgIpc) is 2.95. The van der Waals surface area contributed by atoms with Gasteiger partial charge in [-0.1, -0.05) is 19.0 Å². The molecule has 1 atom stereocenters. The normalized spacial score (nSPS) is 12.4. The third-order valence-electron chi connectivity index (χ3n) is 2.95. The Bertz CT molecular complexity index is 581. The smallest absolute Gasteiger partial charge is 0.273 e. The quantitative estimate of drug-likeness (QED) is 0.847. The molecule has 2 heterocycles. The standard InChI is InChI=1S/C15H19N3O3/c1-10(2)7-12(19)9-17-15(20)13-8-14(21-18-13)11-3-5-16-6-4-11/h3-6,8,10,12,19H,7,9H2,1-2H3,(H,17,20). The van der Waals surface area contributed by atoms with E-state index >= 15 is 0 Å². The van der Waals surface area contributed by atoms with Crippen molar-refractivity contribution in [3.8, 4) is 11.3 Å². The van der Waals surface area contributed by atoms with Crippen LogP contribution in [0.3, 0.4) is 0 Å². The van der Waals surface area contributed by atoms with Crippen LogP contribution in [0.5, 0.6) is 0 Å². The summed E-state index contributed by atoms with van der Waals surface area (Å²) in [5.74, 6) is 0.523. The first-order chi connectivity index (χ1) is 10.1. The Morgan fingerprint density at radius 2 is 2.10 bits per heavy atom. The number of aliphatic hydroxyl groups is 1. The van der Waals surface area contributed by atoms with Crippen molar-refractivity contribution in [2.45, 2.75) is 26.4 Å². The van der Waals surface area contributed by atoms with Gasteiger partial charge in [0.1, 0.15) is 0 Å². The first kappa shape index (κ1) is 15.2. The van der Waals surface area contributed by atoms with E-state index in [0.29, 0.717) is 18.1 Å². The molecule has 112 valence electrons. The Hall–Kier alpha value is -2.21. The van der Waals surface area contributed by atoms with Crippen LogP contribution in [0.4, 0.5) is 0 Å². The number of carbonyl (C=O) groups excluding carboxylic acids is 1. The second kappa shape index (κ2) is 6.99. The molecular weight excluding hydrogens is 270 g/mol. The molecule has 1 unspecified atom stereocenters. The lowest BCUT2D eigenvalue weighted by Crippen LogP contribution is -2.32. The minimum atomic E-state index is -0.555. The molecule has 21 heavy (non-hydrogen) atoms. The maximum atomic E-state index is 11.9. The number of carbonyl (C=O) groups is 1. The zero-order valence-electron chi connectivity index (χ0n) is 12.1. The number of aliphatic hydroxyl groups excluding tert-OH is 1. The fourth-order valence-corrected chi connectivity index (χ4v) is 1.96. The first-order valence-electron chi connectivity index (χ1n) is 6.89. The number of hydrogen-bond acceptors (Lipinski definition) is 5. The monoisotopic (exact) mass is 289 g/mol. The highest BCUT2D eigenvalue weighted by Crippen LogP contribution is 2.19. The molecule has 6 heteroatoms. The fraction of sp³-hybridized carbons (Fsp3) is 0.400. The summed E-state index contributed by atoms with van der Waals surface area (Å²) in [6, 6.07) is 5.11. The molecule has 2 N–H and O–H groups in total. The van der Waals surface area contributed by atoms with Crippen molar-refractivity contribution in [3.63, 3.8) is 0 Å². The average molecular weight is 289 g/mol. The fourth-order valence-electron chi connectivity index (χ4n) is 1.96. The van der Waals surface area contributed by atoms with E-state index in [-0.39, 0.29) is 18.1 Å². The largest absolute Gasteiger partial charge is 0.391 e. The van der Waals surface area contributed by atoms with Crippen molar-refractivity contribution < 1.29 is 14.4 Å². The summed E-state index contributed by atoms with van der Waals surface area (Å²) in [4.78, 5) is 15.8. The van der Waals surface area contributed by atoms with Gasteiger partial charge in [-0.15, -0.1) is 0 Å². The lowest BCUT2D eigenvalue weighted by molar-refractivity contribution is 0.0891. The molecule has 2 aromatic heterocycles. The maximum Gasteiger partial charge on any atom is 0.273 e. The highest BCUT2D eigenvalue weighted by atomic mass is 16.5. The van der Waals surface area contributed by atoms with Crippen molar-refractivity contribution >= 4 is 5.91 Å². The van der Waals surface area contributed by atoms with E-state index in [1.807, 2.05) is 13.8 Å². The summed E-state index contributed by atoms with van der Waals surface area (Å²) in [5, 5.41) is 16.1. The molecule has 0 fully saturated rings.